The Kier molecular flexibility index (Phi) is 4.86. The molecule has 0 bridgehead atoms. The zero-order chi connectivity index (χ0) is 14.5. The Morgan fingerprint density at radius 1 is 1.19 bits per heavy atom. The van der Waals surface area contributed by atoms with E-state index >= 15 is 0 Å². The molecule has 0 aromatic heterocycles. The molecule has 0 aliphatic carbocycles. The molecule has 1 atom stereocenters. The first-order chi connectivity index (χ1) is 10.3. The number of nitrogens with zero attached hydrogens (tertiary/aromatic N) is 1. The minimum Gasteiger partial charge on any atom is -0.374 e. The molecule has 1 saturated heterocycles. The number of benzene rings is 2. The van der Waals surface area contributed by atoms with Gasteiger partial charge in [-0.15, -0.1) is 0 Å². The molecule has 1 N–H and O–H groups in total. The molecule has 3 rings (SSSR count). The van der Waals surface area contributed by atoms with Crippen LogP contribution >= 0.6 is 0 Å². The number of rotatable bonds is 5. The van der Waals surface area contributed by atoms with Crippen LogP contribution in [-0.4, -0.2) is 43.8 Å². The number of fused-ring (bicyclic) bond motifs is 1. The molecule has 112 valence electrons. The average Bonchev–Trinajstić information content (AvgIpc) is 2.55. The number of nitrogens with one attached hydrogen (secondary N) is 1. The molecule has 3 nitrogen and oxygen atoms in total. The standard InChI is InChI=1S/C18H24N2O/c1-2-20-9-10-21-18(14-20)13-19-12-15-7-8-16-5-3-4-6-17(16)11-15/h3-8,11,18-19H,2,9-10,12-14H2,1H3. The third kappa shape index (κ3) is 3.82. The Balaban J connectivity index is 1.52. The quantitative estimate of drug-likeness (QED) is 0.913. The lowest BCUT2D eigenvalue weighted by Crippen LogP contribution is -2.46. The van der Waals surface area contributed by atoms with Crippen LogP contribution in [0.25, 0.3) is 10.8 Å². The molecule has 2 aromatic rings. The molecule has 1 heterocycles. The summed E-state index contributed by atoms with van der Waals surface area (Å²) in [6.07, 6.45) is 0.319. The highest BCUT2D eigenvalue weighted by Gasteiger charge is 2.18. The van der Waals surface area contributed by atoms with Crippen LogP contribution in [0.3, 0.4) is 0 Å². The molecular weight excluding hydrogens is 260 g/mol. The SMILES string of the molecule is CCN1CCOC(CNCc2ccc3ccccc3c2)C1. The normalized spacial score (nSPS) is 20.0. The van der Waals surface area contributed by atoms with E-state index < -0.39 is 0 Å². The van der Waals surface area contributed by atoms with Crippen LogP contribution in [0.15, 0.2) is 42.5 Å². The predicted octanol–water partition coefficient (Wildman–Crippen LogP) is 2.65. The Morgan fingerprint density at radius 3 is 2.90 bits per heavy atom. The molecule has 3 heteroatoms. The van der Waals surface area contributed by atoms with Crippen molar-refractivity contribution in [1.29, 1.82) is 0 Å². The van der Waals surface area contributed by atoms with Crippen molar-refractivity contribution in [3.63, 3.8) is 0 Å². The van der Waals surface area contributed by atoms with Crippen LogP contribution in [-0.2, 0) is 11.3 Å². The molecule has 1 unspecified atom stereocenters. The Hall–Kier alpha value is -1.42. The number of hydrogen-bond acceptors (Lipinski definition) is 3. The maximum atomic E-state index is 5.81. The van der Waals surface area contributed by atoms with Crippen LogP contribution in [0, 0.1) is 0 Å². The highest BCUT2D eigenvalue weighted by Crippen LogP contribution is 2.15. The molecule has 0 radical (unpaired) electrons. The first-order valence-corrected chi connectivity index (χ1v) is 7.87. The van der Waals surface area contributed by atoms with E-state index in [9.17, 15) is 0 Å². The largest absolute Gasteiger partial charge is 0.374 e. The third-order valence-electron chi connectivity index (χ3n) is 4.19. The van der Waals surface area contributed by atoms with E-state index in [0.29, 0.717) is 6.10 Å². The van der Waals surface area contributed by atoms with Crippen LogP contribution in [0.2, 0.25) is 0 Å². The molecule has 1 fully saturated rings. The molecule has 21 heavy (non-hydrogen) atoms. The average molecular weight is 284 g/mol. The van der Waals surface area contributed by atoms with Crippen molar-refractivity contribution in [3.05, 3.63) is 48.0 Å². The van der Waals surface area contributed by atoms with Crippen molar-refractivity contribution in [2.24, 2.45) is 0 Å². The molecule has 0 amide bonds. The summed E-state index contributed by atoms with van der Waals surface area (Å²) in [5.41, 5.74) is 1.33. The Bertz CT molecular complexity index is 584. The van der Waals surface area contributed by atoms with E-state index in [1.165, 1.54) is 16.3 Å². The van der Waals surface area contributed by atoms with Gasteiger partial charge in [-0.3, -0.25) is 4.90 Å². The summed E-state index contributed by atoms with van der Waals surface area (Å²) in [4.78, 5) is 2.45. The zero-order valence-electron chi connectivity index (χ0n) is 12.7. The van der Waals surface area contributed by atoms with E-state index in [2.05, 4.69) is 59.6 Å². The Labute approximate surface area is 126 Å². The summed E-state index contributed by atoms with van der Waals surface area (Å²) in [6, 6.07) is 15.2. The van der Waals surface area contributed by atoms with Crippen molar-refractivity contribution in [2.45, 2.75) is 19.6 Å². The first-order valence-electron chi connectivity index (χ1n) is 7.87. The molecule has 0 saturated carbocycles. The summed E-state index contributed by atoms with van der Waals surface area (Å²) in [5.74, 6) is 0. The molecule has 0 spiro atoms. The smallest absolute Gasteiger partial charge is 0.0826 e. The summed E-state index contributed by atoms with van der Waals surface area (Å²) >= 11 is 0. The number of likely N-dealkylation sites (N-methyl/N-ethyl adjacent to an activating group) is 1. The van der Waals surface area contributed by atoms with Gasteiger partial charge in [-0.05, 0) is 28.9 Å². The fourth-order valence-corrected chi connectivity index (χ4v) is 2.92. The number of morpholine rings is 1. The van der Waals surface area contributed by atoms with Crippen LogP contribution in [0.5, 0.6) is 0 Å². The van der Waals surface area contributed by atoms with Gasteiger partial charge in [-0.2, -0.15) is 0 Å². The van der Waals surface area contributed by atoms with Gasteiger partial charge in [0.1, 0.15) is 0 Å². The topological polar surface area (TPSA) is 24.5 Å². The van der Waals surface area contributed by atoms with Gasteiger partial charge in [0.15, 0.2) is 0 Å². The van der Waals surface area contributed by atoms with Crippen molar-refractivity contribution in [2.75, 3.05) is 32.8 Å². The second-order valence-corrected chi connectivity index (χ2v) is 5.70. The maximum absolute atomic E-state index is 5.81. The fourth-order valence-electron chi connectivity index (χ4n) is 2.92. The number of ether oxygens (including phenoxy) is 1. The number of hydrogen-bond donors (Lipinski definition) is 1. The van der Waals surface area contributed by atoms with Crippen molar-refractivity contribution in [1.82, 2.24) is 10.2 Å². The molecular formula is C18H24N2O. The monoisotopic (exact) mass is 284 g/mol. The highest BCUT2D eigenvalue weighted by atomic mass is 16.5. The van der Waals surface area contributed by atoms with E-state index in [0.717, 1.165) is 39.3 Å². The molecule has 1 aliphatic rings. The zero-order valence-corrected chi connectivity index (χ0v) is 12.7. The van der Waals surface area contributed by atoms with Gasteiger partial charge in [0.2, 0.25) is 0 Å². The second kappa shape index (κ2) is 7.03. The van der Waals surface area contributed by atoms with E-state index in [1.807, 2.05) is 0 Å². The molecule has 1 aliphatic heterocycles. The van der Waals surface area contributed by atoms with Crippen LogP contribution in [0.4, 0.5) is 0 Å². The van der Waals surface area contributed by atoms with Gasteiger partial charge in [0.05, 0.1) is 12.7 Å². The van der Waals surface area contributed by atoms with E-state index in [4.69, 9.17) is 4.74 Å². The second-order valence-electron chi connectivity index (χ2n) is 5.70. The minimum atomic E-state index is 0.319. The lowest BCUT2D eigenvalue weighted by Gasteiger charge is -2.32. The van der Waals surface area contributed by atoms with Gasteiger partial charge < -0.3 is 10.1 Å². The van der Waals surface area contributed by atoms with E-state index in [-0.39, 0.29) is 0 Å². The van der Waals surface area contributed by atoms with Crippen molar-refractivity contribution in [3.8, 4) is 0 Å². The fraction of sp³-hybridized carbons (Fsp3) is 0.444. The summed E-state index contributed by atoms with van der Waals surface area (Å²) in [5, 5.41) is 6.14. The van der Waals surface area contributed by atoms with Crippen LogP contribution < -0.4 is 5.32 Å². The predicted molar refractivity (Wildman–Crippen MR) is 87.5 cm³/mol. The highest BCUT2D eigenvalue weighted by molar-refractivity contribution is 5.82. The summed E-state index contributed by atoms with van der Waals surface area (Å²) in [6.45, 7) is 8.12. The maximum Gasteiger partial charge on any atom is 0.0826 e. The van der Waals surface area contributed by atoms with Gasteiger partial charge in [0.25, 0.3) is 0 Å². The van der Waals surface area contributed by atoms with Gasteiger partial charge in [0, 0.05) is 26.2 Å². The van der Waals surface area contributed by atoms with Crippen molar-refractivity contribution >= 4 is 10.8 Å². The van der Waals surface area contributed by atoms with Gasteiger partial charge >= 0.3 is 0 Å². The molecule has 2 aromatic carbocycles. The van der Waals surface area contributed by atoms with Crippen LogP contribution in [0.1, 0.15) is 12.5 Å². The lowest BCUT2D eigenvalue weighted by atomic mass is 10.1. The van der Waals surface area contributed by atoms with Gasteiger partial charge in [-0.25, -0.2) is 0 Å². The first kappa shape index (κ1) is 14.5. The Morgan fingerprint density at radius 2 is 2.05 bits per heavy atom. The van der Waals surface area contributed by atoms with E-state index in [1.54, 1.807) is 0 Å². The summed E-state index contributed by atoms with van der Waals surface area (Å²) < 4.78 is 5.81. The minimum absolute atomic E-state index is 0.319. The lowest BCUT2D eigenvalue weighted by molar-refractivity contribution is -0.0253. The van der Waals surface area contributed by atoms with Gasteiger partial charge in [-0.1, -0.05) is 43.3 Å². The third-order valence-corrected chi connectivity index (χ3v) is 4.19. The van der Waals surface area contributed by atoms with Crippen molar-refractivity contribution < 1.29 is 4.74 Å². The summed E-state index contributed by atoms with van der Waals surface area (Å²) in [7, 11) is 0.